The molecule has 1 aliphatic rings. The summed E-state index contributed by atoms with van der Waals surface area (Å²) in [5, 5.41) is 8.68. The minimum atomic E-state index is -1.18. The van der Waals surface area contributed by atoms with Gasteiger partial charge in [0.15, 0.2) is 0 Å². The standard InChI is InChI=1S/C24H24F3NO4/c1-2-9-30-16-5-3-15(4-6-16)14-31-17-7-8-19(21(25)10-17)24(29)32-18-11-22(26)20(13-28)23(27)12-18/h7-8,10-12,15-16H,2-6,9,14H2,1H3/t15-,16-. The Balaban J connectivity index is 1.55. The first-order chi connectivity index (χ1) is 15.4. The fourth-order valence-corrected chi connectivity index (χ4v) is 3.59. The van der Waals surface area contributed by atoms with Crippen LogP contribution >= 0.6 is 0 Å². The molecule has 0 heterocycles. The summed E-state index contributed by atoms with van der Waals surface area (Å²) in [6.45, 7) is 3.29. The Morgan fingerprint density at radius 2 is 1.69 bits per heavy atom. The Kier molecular flexibility index (Phi) is 8.12. The summed E-state index contributed by atoms with van der Waals surface area (Å²) in [4.78, 5) is 12.2. The van der Waals surface area contributed by atoms with Crippen LogP contribution in [0.15, 0.2) is 30.3 Å². The van der Waals surface area contributed by atoms with Crippen molar-refractivity contribution in [2.75, 3.05) is 13.2 Å². The van der Waals surface area contributed by atoms with Crippen LogP contribution in [-0.2, 0) is 4.74 Å². The van der Waals surface area contributed by atoms with Gasteiger partial charge in [0.1, 0.15) is 40.6 Å². The van der Waals surface area contributed by atoms with Crippen molar-refractivity contribution in [3.63, 3.8) is 0 Å². The van der Waals surface area contributed by atoms with Crippen molar-refractivity contribution in [2.45, 2.75) is 45.1 Å². The summed E-state index contributed by atoms with van der Waals surface area (Å²) < 4.78 is 58.1. The first-order valence-corrected chi connectivity index (χ1v) is 10.6. The van der Waals surface area contributed by atoms with Crippen molar-refractivity contribution >= 4 is 5.97 Å². The Hall–Kier alpha value is -3.05. The Morgan fingerprint density at radius 3 is 2.28 bits per heavy atom. The maximum atomic E-state index is 14.4. The van der Waals surface area contributed by atoms with E-state index in [0.717, 1.165) is 44.8 Å². The summed E-state index contributed by atoms with van der Waals surface area (Å²) in [5.74, 6) is -4.19. The minimum absolute atomic E-state index is 0.277. The molecule has 0 bridgehead atoms. The van der Waals surface area contributed by atoms with E-state index >= 15 is 0 Å². The Morgan fingerprint density at radius 1 is 1.03 bits per heavy atom. The fourth-order valence-electron chi connectivity index (χ4n) is 3.59. The van der Waals surface area contributed by atoms with Crippen molar-refractivity contribution < 1.29 is 32.2 Å². The number of nitriles is 1. The minimum Gasteiger partial charge on any atom is -0.493 e. The van der Waals surface area contributed by atoms with Gasteiger partial charge in [-0.3, -0.25) is 0 Å². The molecule has 0 aliphatic heterocycles. The molecule has 0 spiro atoms. The summed E-state index contributed by atoms with van der Waals surface area (Å²) in [7, 11) is 0. The third-order valence-electron chi connectivity index (χ3n) is 5.34. The monoisotopic (exact) mass is 447 g/mol. The van der Waals surface area contributed by atoms with E-state index in [9.17, 15) is 18.0 Å². The number of halogens is 3. The molecular weight excluding hydrogens is 423 g/mol. The molecule has 2 aromatic carbocycles. The lowest BCUT2D eigenvalue weighted by atomic mass is 9.88. The largest absolute Gasteiger partial charge is 0.493 e. The molecule has 0 saturated heterocycles. The van der Waals surface area contributed by atoms with E-state index in [1.54, 1.807) is 0 Å². The van der Waals surface area contributed by atoms with Crippen LogP contribution in [0.5, 0.6) is 11.5 Å². The lowest BCUT2D eigenvalue weighted by molar-refractivity contribution is 0.0132. The second-order valence-electron chi connectivity index (χ2n) is 7.73. The fraction of sp³-hybridized carbons (Fsp3) is 0.417. The van der Waals surface area contributed by atoms with Gasteiger partial charge in [0.05, 0.1) is 18.3 Å². The van der Waals surface area contributed by atoms with Crippen molar-refractivity contribution in [2.24, 2.45) is 5.92 Å². The smallest absolute Gasteiger partial charge is 0.346 e. The summed E-state index contributed by atoms with van der Waals surface area (Å²) in [6.07, 6.45) is 5.19. The maximum Gasteiger partial charge on any atom is 0.346 e. The average Bonchev–Trinajstić information content (AvgIpc) is 2.76. The van der Waals surface area contributed by atoms with Gasteiger partial charge in [-0.25, -0.2) is 18.0 Å². The van der Waals surface area contributed by atoms with Crippen molar-refractivity contribution in [3.8, 4) is 17.6 Å². The third kappa shape index (κ3) is 6.01. The molecule has 0 amide bonds. The van der Waals surface area contributed by atoms with E-state index in [2.05, 4.69) is 6.92 Å². The van der Waals surface area contributed by atoms with E-state index in [-0.39, 0.29) is 5.75 Å². The summed E-state index contributed by atoms with van der Waals surface area (Å²) >= 11 is 0. The summed E-state index contributed by atoms with van der Waals surface area (Å²) in [6, 6.07) is 6.46. The molecule has 3 rings (SSSR count). The number of carbonyl (C=O) groups is 1. The lowest BCUT2D eigenvalue weighted by Gasteiger charge is -2.28. The number of ether oxygens (including phenoxy) is 3. The van der Waals surface area contributed by atoms with E-state index < -0.39 is 40.3 Å². The summed E-state index contributed by atoms with van der Waals surface area (Å²) in [5.41, 5.74) is -1.20. The van der Waals surface area contributed by atoms with Crippen LogP contribution in [-0.4, -0.2) is 25.3 Å². The van der Waals surface area contributed by atoms with Crippen LogP contribution in [0.4, 0.5) is 13.2 Å². The highest BCUT2D eigenvalue weighted by molar-refractivity contribution is 5.91. The molecule has 8 heteroatoms. The van der Waals surface area contributed by atoms with Gasteiger partial charge in [-0.2, -0.15) is 5.26 Å². The Labute approximate surface area is 184 Å². The normalized spacial score (nSPS) is 18.1. The number of hydrogen-bond donors (Lipinski definition) is 0. The number of rotatable bonds is 8. The zero-order chi connectivity index (χ0) is 23.1. The molecule has 0 aromatic heterocycles. The van der Waals surface area contributed by atoms with Gasteiger partial charge in [-0.05, 0) is 50.2 Å². The first kappa shape index (κ1) is 23.6. The average molecular weight is 447 g/mol. The predicted molar refractivity (Wildman–Crippen MR) is 110 cm³/mol. The van der Waals surface area contributed by atoms with Gasteiger partial charge in [-0.1, -0.05) is 6.92 Å². The molecule has 0 unspecified atom stereocenters. The first-order valence-electron chi connectivity index (χ1n) is 10.6. The van der Waals surface area contributed by atoms with Gasteiger partial charge < -0.3 is 14.2 Å². The van der Waals surface area contributed by atoms with Crippen LogP contribution < -0.4 is 9.47 Å². The maximum absolute atomic E-state index is 14.4. The zero-order valence-corrected chi connectivity index (χ0v) is 17.7. The molecule has 32 heavy (non-hydrogen) atoms. The van der Waals surface area contributed by atoms with Crippen LogP contribution in [0.2, 0.25) is 0 Å². The third-order valence-corrected chi connectivity index (χ3v) is 5.34. The second-order valence-corrected chi connectivity index (χ2v) is 7.73. The molecule has 0 N–H and O–H groups in total. The second kappa shape index (κ2) is 11.0. The van der Waals surface area contributed by atoms with Gasteiger partial charge in [0.2, 0.25) is 0 Å². The number of hydrogen-bond acceptors (Lipinski definition) is 5. The van der Waals surface area contributed by atoms with Crippen molar-refractivity contribution in [1.82, 2.24) is 0 Å². The molecule has 0 radical (unpaired) electrons. The zero-order valence-electron chi connectivity index (χ0n) is 17.7. The number of esters is 1. The van der Waals surface area contributed by atoms with Crippen LogP contribution in [0.1, 0.15) is 54.9 Å². The quantitative estimate of drug-likeness (QED) is 0.392. The highest BCUT2D eigenvalue weighted by Gasteiger charge is 2.23. The van der Waals surface area contributed by atoms with Crippen molar-refractivity contribution in [1.29, 1.82) is 5.26 Å². The van der Waals surface area contributed by atoms with Crippen LogP contribution in [0.3, 0.4) is 0 Å². The van der Waals surface area contributed by atoms with Gasteiger partial charge in [0.25, 0.3) is 0 Å². The predicted octanol–water partition coefficient (Wildman–Crippen LogP) is 5.56. The highest BCUT2D eigenvalue weighted by Crippen LogP contribution is 2.28. The van der Waals surface area contributed by atoms with Gasteiger partial charge in [-0.15, -0.1) is 0 Å². The highest BCUT2D eigenvalue weighted by atomic mass is 19.1. The van der Waals surface area contributed by atoms with Gasteiger partial charge >= 0.3 is 5.97 Å². The molecule has 1 fully saturated rings. The topological polar surface area (TPSA) is 68.6 Å². The van der Waals surface area contributed by atoms with Crippen LogP contribution in [0, 0.1) is 34.7 Å². The number of nitrogens with zero attached hydrogens (tertiary/aromatic N) is 1. The molecular formula is C24H24F3NO4. The number of carbonyl (C=O) groups excluding carboxylic acids is 1. The van der Waals surface area contributed by atoms with E-state index in [1.807, 2.05) is 0 Å². The molecule has 0 atom stereocenters. The Bertz CT molecular complexity index is 974. The lowest BCUT2D eigenvalue weighted by Crippen LogP contribution is -2.25. The molecule has 5 nitrogen and oxygen atoms in total. The number of benzene rings is 2. The molecule has 1 saturated carbocycles. The van der Waals surface area contributed by atoms with E-state index in [4.69, 9.17) is 19.5 Å². The van der Waals surface area contributed by atoms with E-state index in [1.165, 1.54) is 18.2 Å². The van der Waals surface area contributed by atoms with Crippen molar-refractivity contribution in [3.05, 3.63) is 58.9 Å². The molecule has 2 aromatic rings. The van der Waals surface area contributed by atoms with Crippen LogP contribution in [0.25, 0.3) is 0 Å². The van der Waals surface area contributed by atoms with Gasteiger partial charge in [0, 0.05) is 24.8 Å². The SMILES string of the molecule is CCCO[C@H]1CC[C@H](COc2ccc(C(=O)Oc3cc(F)c(C#N)c(F)c3)c(F)c2)CC1. The van der Waals surface area contributed by atoms with E-state index in [0.29, 0.717) is 30.8 Å². The molecule has 170 valence electrons. The molecule has 1 aliphatic carbocycles.